The predicted molar refractivity (Wildman–Crippen MR) is 153 cm³/mol. The molecule has 0 aromatic rings. The van der Waals surface area contributed by atoms with Crippen LogP contribution in [0.1, 0.15) is 95.9 Å². The lowest BCUT2D eigenvalue weighted by atomic mass is 9.69. The lowest BCUT2D eigenvalue weighted by Crippen LogP contribution is -2.32. The van der Waals surface area contributed by atoms with E-state index in [1.807, 2.05) is 0 Å². The van der Waals surface area contributed by atoms with Gasteiger partial charge in [-0.2, -0.15) is 0 Å². The van der Waals surface area contributed by atoms with E-state index in [4.69, 9.17) is 19.3 Å². The maximum absolute atomic E-state index is 6.81. The minimum absolute atomic E-state index is 0.0203. The molecule has 0 radical (unpaired) electrons. The standard InChI is InChI=1S/C31H50NO3P/c1-28(2,3)20-13-14-22-23-18-21(29(4,5)6)19-25(30(7,8)9)26(23)34-36(33-16-15-32)35-27(24(22)17-20)31(10,11)12/h17-19,26H,13-16,32H2,1-12H3/b23-22-,27-24?. The minimum atomic E-state index is -1.63. The van der Waals surface area contributed by atoms with Gasteiger partial charge in [0.1, 0.15) is 11.9 Å². The molecule has 0 aromatic carbocycles. The molecule has 5 heteroatoms. The predicted octanol–water partition coefficient (Wildman–Crippen LogP) is 8.93. The fraction of sp³-hybridized carbons (Fsp3) is 0.677. The van der Waals surface area contributed by atoms with E-state index in [9.17, 15) is 0 Å². The summed E-state index contributed by atoms with van der Waals surface area (Å²) in [6.07, 6.45) is 8.97. The van der Waals surface area contributed by atoms with Crippen LogP contribution in [0.25, 0.3) is 0 Å². The molecule has 0 amide bonds. The molecule has 3 rings (SSSR count). The molecule has 1 aliphatic heterocycles. The first kappa shape index (κ1) is 29.4. The van der Waals surface area contributed by atoms with Crippen molar-refractivity contribution in [1.82, 2.24) is 0 Å². The lowest BCUT2D eigenvalue weighted by molar-refractivity contribution is 0.141. The highest BCUT2D eigenvalue weighted by molar-refractivity contribution is 7.41. The van der Waals surface area contributed by atoms with Crippen LogP contribution in [0.4, 0.5) is 0 Å². The molecule has 0 saturated carbocycles. The van der Waals surface area contributed by atoms with Crippen LogP contribution in [-0.4, -0.2) is 19.3 Å². The first-order valence-electron chi connectivity index (χ1n) is 13.5. The van der Waals surface area contributed by atoms with E-state index in [0.717, 1.165) is 18.6 Å². The highest BCUT2D eigenvalue weighted by atomic mass is 31.2. The maximum atomic E-state index is 6.81. The van der Waals surface area contributed by atoms with Gasteiger partial charge >= 0.3 is 8.60 Å². The molecule has 202 valence electrons. The van der Waals surface area contributed by atoms with E-state index in [0.29, 0.717) is 13.2 Å². The molecule has 0 saturated heterocycles. The van der Waals surface area contributed by atoms with Crippen molar-refractivity contribution in [3.8, 4) is 0 Å². The molecule has 3 aliphatic rings. The van der Waals surface area contributed by atoms with E-state index in [-0.39, 0.29) is 27.8 Å². The van der Waals surface area contributed by atoms with E-state index < -0.39 is 8.60 Å². The largest absolute Gasteiger partial charge is 0.430 e. The molecular formula is C31H50NO3P. The fourth-order valence-electron chi connectivity index (χ4n) is 4.88. The highest BCUT2D eigenvalue weighted by Gasteiger charge is 2.42. The Labute approximate surface area is 222 Å². The van der Waals surface area contributed by atoms with Gasteiger partial charge in [-0.1, -0.05) is 107 Å². The molecule has 36 heavy (non-hydrogen) atoms. The zero-order valence-corrected chi connectivity index (χ0v) is 25.8. The minimum Gasteiger partial charge on any atom is -0.430 e. The Morgan fingerprint density at radius 2 is 1.47 bits per heavy atom. The van der Waals surface area contributed by atoms with E-state index in [2.05, 4.69) is 101 Å². The fourth-order valence-corrected chi connectivity index (χ4v) is 6.21. The Bertz CT molecular complexity index is 1010. The molecule has 1 heterocycles. The Kier molecular flexibility index (Phi) is 8.30. The van der Waals surface area contributed by atoms with Gasteiger partial charge < -0.3 is 14.8 Å². The average Bonchev–Trinajstić information content (AvgIpc) is 2.70. The summed E-state index contributed by atoms with van der Waals surface area (Å²) in [6, 6.07) is 0. The zero-order valence-electron chi connectivity index (χ0n) is 24.9. The summed E-state index contributed by atoms with van der Waals surface area (Å²) in [7, 11) is -1.63. The molecule has 0 aromatic heterocycles. The monoisotopic (exact) mass is 515 g/mol. The molecule has 2 N–H and O–H groups in total. The Hall–Kier alpha value is -1.19. The third-order valence-electron chi connectivity index (χ3n) is 7.12. The SMILES string of the molecule is CC(C)(C)C1=C/C2=C3\CCC(C(C)(C)C)=CC3=C(C(C)(C)C)OP(OCCN)OC2C(C(C)(C)C)=C1. The van der Waals surface area contributed by atoms with Gasteiger partial charge in [-0.3, -0.25) is 4.52 Å². The first-order chi connectivity index (χ1) is 16.3. The molecule has 0 fully saturated rings. The first-order valence-corrected chi connectivity index (χ1v) is 14.5. The van der Waals surface area contributed by atoms with Gasteiger partial charge in [-0.05, 0) is 51.4 Å². The van der Waals surface area contributed by atoms with Crippen LogP contribution in [0, 0.1) is 21.7 Å². The van der Waals surface area contributed by atoms with Crippen LogP contribution in [0.2, 0.25) is 0 Å². The summed E-state index contributed by atoms with van der Waals surface area (Å²) in [5.41, 5.74) is 13.6. The van der Waals surface area contributed by atoms with Crippen LogP contribution >= 0.6 is 8.60 Å². The van der Waals surface area contributed by atoms with E-state index in [1.54, 1.807) is 0 Å². The Morgan fingerprint density at radius 3 is 1.97 bits per heavy atom. The van der Waals surface area contributed by atoms with Crippen LogP contribution in [0.3, 0.4) is 0 Å². The van der Waals surface area contributed by atoms with Crippen molar-refractivity contribution in [2.45, 2.75) is 102 Å². The smallest absolute Gasteiger partial charge is 0.397 e. The second-order valence-corrected chi connectivity index (χ2v) is 15.6. The molecule has 2 atom stereocenters. The maximum Gasteiger partial charge on any atom is 0.397 e. The Balaban J connectivity index is 2.40. The zero-order chi connectivity index (χ0) is 27.3. The van der Waals surface area contributed by atoms with Gasteiger partial charge in [0.15, 0.2) is 0 Å². The van der Waals surface area contributed by atoms with Gasteiger partial charge in [-0.15, -0.1) is 0 Å². The van der Waals surface area contributed by atoms with Crippen LogP contribution < -0.4 is 5.73 Å². The quantitative estimate of drug-likeness (QED) is 0.381. The van der Waals surface area contributed by atoms with Gasteiger partial charge in [0.25, 0.3) is 0 Å². The van der Waals surface area contributed by atoms with Gasteiger partial charge in [-0.25, -0.2) is 0 Å². The molecule has 2 aliphatic carbocycles. The van der Waals surface area contributed by atoms with Crippen LogP contribution in [0.15, 0.2) is 57.4 Å². The van der Waals surface area contributed by atoms with Crippen molar-refractivity contribution in [1.29, 1.82) is 0 Å². The third kappa shape index (κ3) is 6.44. The normalized spacial score (nSPS) is 26.2. The molecule has 4 nitrogen and oxygen atoms in total. The van der Waals surface area contributed by atoms with Gasteiger partial charge in [0, 0.05) is 17.5 Å². The molecule has 2 unspecified atom stereocenters. The number of hydrogen-bond donors (Lipinski definition) is 1. The summed E-state index contributed by atoms with van der Waals surface area (Å²) in [5.74, 6) is 0.950. The highest BCUT2D eigenvalue weighted by Crippen LogP contribution is 2.56. The number of nitrogens with two attached hydrogens (primary N) is 1. The number of allylic oxidation sites excluding steroid dienone is 7. The molecular weight excluding hydrogens is 465 g/mol. The summed E-state index contributed by atoms with van der Waals surface area (Å²) >= 11 is 0. The van der Waals surface area contributed by atoms with Crippen LogP contribution in [0.5, 0.6) is 0 Å². The second-order valence-electron chi connectivity index (χ2n) is 14.5. The molecule has 0 bridgehead atoms. The third-order valence-corrected chi connectivity index (χ3v) is 8.22. The number of fused-ring (bicyclic) bond motifs is 2. The number of hydrogen-bond acceptors (Lipinski definition) is 4. The van der Waals surface area contributed by atoms with Crippen molar-refractivity contribution < 1.29 is 13.6 Å². The molecule has 0 spiro atoms. The summed E-state index contributed by atoms with van der Waals surface area (Å²) in [5, 5.41) is 0. The average molecular weight is 516 g/mol. The van der Waals surface area contributed by atoms with Crippen molar-refractivity contribution in [3.05, 3.63) is 57.4 Å². The Morgan fingerprint density at radius 1 is 0.833 bits per heavy atom. The van der Waals surface area contributed by atoms with Crippen molar-refractivity contribution in [2.24, 2.45) is 27.4 Å². The second kappa shape index (κ2) is 10.2. The van der Waals surface area contributed by atoms with E-state index in [1.165, 1.54) is 33.4 Å². The van der Waals surface area contributed by atoms with Crippen molar-refractivity contribution >= 4 is 8.60 Å². The van der Waals surface area contributed by atoms with Crippen molar-refractivity contribution in [3.63, 3.8) is 0 Å². The summed E-state index contributed by atoms with van der Waals surface area (Å²) in [4.78, 5) is 0. The number of rotatable bonds is 3. The van der Waals surface area contributed by atoms with Gasteiger partial charge in [0.2, 0.25) is 0 Å². The van der Waals surface area contributed by atoms with Gasteiger partial charge in [0.05, 0.1) is 6.61 Å². The summed E-state index contributed by atoms with van der Waals surface area (Å²) in [6.45, 7) is 28.1. The van der Waals surface area contributed by atoms with E-state index >= 15 is 0 Å². The topological polar surface area (TPSA) is 53.7 Å². The summed E-state index contributed by atoms with van der Waals surface area (Å²) < 4.78 is 19.7. The van der Waals surface area contributed by atoms with Crippen molar-refractivity contribution in [2.75, 3.05) is 13.2 Å². The lowest BCUT2D eigenvalue weighted by Gasteiger charge is -2.42. The van der Waals surface area contributed by atoms with Crippen LogP contribution in [-0.2, 0) is 13.6 Å².